The van der Waals surface area contributed by atoms with Gasteiger partial charge in [0.15, 0.2) is 6.10 Å². The Hall–Kier alpha value is -1.12. The Morgan fingerprint density at radius 3 is 1.33 bits per heavy atom. The molecule has 0 aromatic carbocycles. The van der Waals surface area contributed by atoms with Crippen LogP contribution in [0.4, 0.5) is 0 Å². The highest BCUT2D eigenvalue weighted by Gasteiger charge is 2.53. The first-order valence-corrected chi connectivity index (χ1v) is 20.3. The summed E-state index contributed by atoms with van der Waals surface area (Å²) in [5.41, 5.74) is -0.802. The zero-order valence-electron chi connectivity index (χ0n) is 33.1. The molecule has 1 heterocycles. The fourth-order valence-corrected chi connectivity index (χ4v) is 6.56. The summed E-state index contributed by atoms with van der Waals surface area (Å²) in [5, 5.41) is 0. The second-order valence-corrected chi connectivity index (χ2v) is 16.4. The van der Waals surface area contributed by atoms with Gasteiger partial charge in [-0.2, -0.15) is 0 Å². The molecule has 8 heteroatoms. The predicted octanol–water partition coefficient (Wildman–Crippen LogP) is 10.6. The first-order valence-electron chi connectivity index (χ1n) is 20.3. The number of likely N-dealkylation sites (N-methyl/N-ethyl adjacent to an activating group) is 1. The van der Waals surface area contributed by atoms with E-state index in [4.69, 9.17) is 18.8 Å². The highest BCUT2D eigenvalue weighted by Crippen LogP contribution is 2.37. The summed E-state index contributed by atoms with van der Waals surface area (Å²) in [6.45, 7) is 13.3. The SMILES string of the molecule is CCCCCCCCCCCCCC(=O)OCC(C[N+](C)(C)CB1OC(C)(C)C(C)(C)O1)OC(=O)CCCCCCCCCCCCC. The molecule has 0 bridgehead atoms. The highest BCUT2D eigenvalue weighted by atomic mass is 16.7. The van der Waals surface area contributed by atoms with Gasteiger partial charge in [0.2, 0.25) is 0 Å². The van der Waals surface area contributed by atoms with E-state index in [2.05, 4.69) is 55.6 Å². The van der Waals surface area contributed by atoms with Gasteiger partial charge in [0.25, 0.3) is 0 Å². The van der Waals surface area contributed by atoms with E-state index in [-0.39, 0.29) is 25.7 Å². The average molecular weight is 681 g/mol. The maximum Gasteiger partial charge on any atom is 0.517 e. The van der Waals surface area contributed by atoms with E-state index in [1.165, 1.54) is 116 Å². The minimum Gasteiger partial charge on any atom is -0.461 e. The molecule has 282 valence electrons. The lowest BCUT2D eigenvalue weighted by Gasteiger charge is -2.33. The van der Waals surface area contributed by atoms with Gasteiger partial charge in [-0.1, -0.05) is 142 Å². The molecule has 0 aliphatic carbocycles. The van der Waals surface area contributed by atoms with Crippen molar-refractivity contribution in [3.8, 4) is 0 Å². The number of quaternary nitrogens is 1. The van der Waals surface area contributed by atoms with Crippen LogP contribution in [-0.2, 0) is 28.4 Å². The molecule has 1 atom stereocenters. The maximum atomic E-state index is 12.9. The van der Waals surface area contributed by atoms with E-state index in [1.54, 1.807) is 0 Å². The van der Waals surface area contributed by atoms with Crippen LogP contribution in [0.25, 0.3) is 0 Å². The molecule has 1 aliphatic rings. The summed E-state index contributed by atoms with van der Waals surface area (Å²) in [5.74, 6) is -0.401. The second kappa shape index (κ2) is 25.8. The van der Waals surface area contributed by atoms with Gasteiger partial charge in [-0.15, -0.1) is 0 Å². The largest absolute Gasteiger partial charge is 0.517 e. The van der Waals surface area contributed by atoms with Crippen LogP contribution < -0.4 is 0 Å². The molecule has 1 fully saturated rings. The van der Waals surface area contributed by atoms with Gasteiger partial charge in [0, 0.05) is 12.8 Å². The van der Waals surface area contributed by atoms with Gasteiger partial charge in [-0.25, -0.2) is 0 Å². The van der Waals surface area contributed by atoms with Crippen LogP contribution >= 0.6 is 0 Å². The van der Waals surface area contributed by atoms with Gasteiger partial charge in [-0.05, 0) is 40.5 Å². The third-order valence-corrected chi connectivity index (χ3v) is 10.3. The number of carbonyl (C=O) groups is 2. The lowest BCUT2D eigenvalue weighted by molar-refractivity contribution is -0.884. The molecule has 0 aromatic heterocycles. The Labute approximate surface area is 298 Å². The van der Waals surface area contributed by atoms with Crippen LogP contribution in [0, 0.1) is 0 Å². The van der Waals surface area contributed by atoms with E-state index >= 15 is 0 Å². The average Bonchev–Trinajstić information content (AvgIpc) is 3.21. The summed E-state index contributed by atoms with van der Waals surface area (Å²) >= 11 is 0. The number of esters is 2. The van der Waals surface area contributed by atoms with Crippen molar-refractivity contribution in [1.29, 1.82) is 0 Å². The van der Waals surface area contributed by atoms with Gasteiger partial charge in [-0.3, -0.25) is 9.59 Å². The van der Waals surface area contributed by atoms with E-state index in [9.17, 15) is 9.59 Å². The molecule has 1 unspecified atom stereocenters. The molecule has 0 aromatic rings. The summed E-state index contributed by atoms with van der Waals surface area (Å²) < 4.78 is 24.7. The van der Waals surface area contributed by atoms with E-state index in [0.717, 1.165) is 25.7 Å². The van der Waals surface area contributed by atoms with E-state index in [1.807, 2.05) is 0 Å². The van der Waals surface area contributed by atoms with Crippen molar-refractivity contribution in [2.45, 2.75) is 213 Å². The van der Waals surface area contributed by atoms with Gasteiger partial charge in [0.05, 0.1) is 25.3 Å². The van der Waals surface area contributed by atoms with Crippen molar-refractivity contribution in [2.24, 2.45) is 0 Å². The highest BCUT2D eigenvalue weighted by molar-refractivity contribution is 6.45. The molecular formula is C40H79BNO6+. The molecule has 1 saturated heterocycles. The van der Waals surface area contributed by atoms with Crippen LogP contribution in [0.2, 0.25) is 0 Å². The van der Waals surface area contributed by atoms with E-state index < -0.39 is 17.3 Å². The van der Waals surface area contributed by atoms with Crippen molar-refractivity contribution in [3.05, 3.63) is 0 Å². The van der Waals surface area contributed by atoms with Crippen molar-refractivity contribution in [1.82, 2.24) is 0 Å². The van der Waals surface area contributed by atoms with Crippen molar-refractivity contribution in [2.75, 3.05) is 33.7 Å². The normalized spacial score (nSPS) is 16.3. The standard InChI is InChI=1S/C40H79BNO6/c1-9-11-13-15-17-19-21-23-25-27-29-31-37(43)45-34-36(33-42(7,8)35-41-47-39(3,4)40(5,6)48-41)46-38(44)32-30-28-26-24-22-20-18-16-14-12-10-2/h36H,9-35H2,1-8H3/q+1. The van der Waals surface area contributed by atoms with Gasteiger partial charge < -0.3 is 23.3 Å². The fraction of sp³-hybridized carbons (Fsp3) is 0.950. The van der Waals surface area contributed by atoms with Crippen LogP contribution in [0.1, 0.15) is 196 Å². The minimum absolute atomic E-state index is 0.0892. The molecule has 7 nitrogen and oxygen atoms in total. The molecule has 1 aliphatic heterocycles. The van der Waals surface area contributed by atoms with Crippen molar-refractivity contribution < 1.29 is 32.9 Å². The Bertz CT molecular complexity index is 817. The van der Waals surface area contributed by atoms with Crippen LogP contribution in [0.3, 0.4) is 0 Å². The smallest absolute Gasteiger partial charge is 0.461 e. The van der Waals surface area contributed by atoms with Crippen LogP contribution in [-0.4, -0.2) is 74.5 Å². The quantitative estimate of drug-likeness (QED) is 0.0314. The monoisotopic (exact) mass is 681 g/mol. The Balaban J connectivity index is 2.46. The number of nitrogens with zero attached hydrogens (tertiary/aromatic N) is 1. The summed E-state index contributed by atoms with van der Waals surface area (Å²) in [6.07, 6.45) is 28.3. The molecule has 0 N–H and O–H groups in total. The summed E-state index contributed by atoms with van der Waals surface area (Å²) in [4.78, 5) is 25.6. The number of hydrogen-bond donors (Lipinski definition) is 0. The van der Waals surface area contributed by atoms with E-state index in [0.29, 0.717) is 30.3 Å². The second-order valence-electron chi connectivity index (χ2n) is 16.4. The molecule has 0 amide bonds. The molecule has 48 heavy (non-hydrogen) atoms. The van der Waals surface area contributed by atoms with Crippen LogP contribution in [0.15, 0.2) is 0 Å². The number of unbranched alkanes of at least 4 members (excludes halogenated alkanes) is 20. The topological polar surface area (TPSA) is 71.1 Å². The lowest BCUT2D eigenvalue weighted by Crippen LogP contribution is -2.53. The lowest BCUT2D eigenvalue weighted by atomic mass is 9.88. The molecule has 0 radical (unpaired) electrons. The molecule has 0 spiro atoms. The van der Waals surface area contributed by atoms with Crippen LogP contribution in [0.5, 0.6) is 0 Å². The third kappa shape index (κ3) is 21.9. The summed E-state index contributed by atoms with van der Waals surface area (Å²) in [6, 6.07) is 0. The first kappa shape index (κ1) is 44.9. The Morgan fingerprint density at radius 2 is 0.938 bits per heavy atom. The minimum atomic E-state index is -0.510. The fourth-order valence-electron chi connectivity index (χ4n) is 6.56. The van der Waals surface area contributed by atoms with Crippen molar-refractivity contribution in [3.63, 3.8) is 0 Å². The number of carbonyl (C=O) groups excluding carboxylic acids is 2. The Kier molecular flexibility index (Phi) is 24.1. The molecule has 0 saturated carbocycles. The number of hydrogen-bond acceptors (Lipinski definition) is 6. The first-order chi connectivity index (χ1) is 22.8. The third-order valence-electron chi connectivity index (χ3n) is 10.3. The number of ether oxygens (including phenoxy) is 2. The zero-order valence-corrected chi connectivity index (χ0v) is 33.1. The summed E-state index contributed by atoms with van der Waals surface area (Å²) in [7, 11) is 3.81. The zero-order chi connectivity index (χ0) is 35.7. The van der Waals surface area contributed by atoms with Crippen molar-refractivity contribution >= 4 is 19.1 Å². The predicted molar refractivity (Wildman–Crippen MR) is 201 cm³/mol. The van der Waals surface area contributed by atoms with Gasteiger partial charge in [0.1, 0.15) is 19.6 Å². The maximum absolute atomic E-state index is 12.9. The van der Waals surface area contributed by atoms with Gasteiger partial charge >= 0.3 is 19.1 Å². The molecular weight excluding hydrogens is 601 g/mol. The Morgan fingerprint density at radius 1 is 0.583 bits per heavy atom. The number of rotatable bonds is 31. The molecule has 1 rings (SSSR count).